The summed E-state index contributed by atoms with van der Waals surface area (Å²) >= 11 is 0. The van der Waals surface area contributed by atoms with Crippen LogP contribution in [0.3, 0.4) is 0 Å². The van der Waals surface area contributed by atoms with Crippen LogP contribution in [0.1, 0.15) is 29.8 Å². The van der Waals surface area contributed by atoms with Crippen molar-refractivity contribution in [1.82, 2.24) is 10.0 Å². The number of halogens is 3. The maximum absolute atomic E-state index is 12.7. The lowest BCUT2D eigenvalue weighted by Crippen LogP contribution is -2.30. The molecule has 0 atom stereocenters. The second-order valence-corrected chi connectivity index (χ2v) is 8.14. The molecule has 0 spiro atoms. The minimum atomic E-state index is -4.46. The van der Waals surface area contributed by atoms with Crippen molar-refractivity contribution in [2.45, 2.75) is 31.0 Å². The van der Waals surface area contributed by atoms with Gasteiger partial charge in [0.15, 0.2) is 0 Å². The van der Waals surface area contributed by atoms with Crippen LogP contribution in [-0.2, 0) is 16.2 Å². The molecule has 2 rings (SSSR count). The Balaban J connectivity index is 1.87. The van der Waals surface area contributed by atoms with Gasteiger partial charge in [-0.25, -0.2) is 13.1 Å². The van der Waals surface area contributed by atoms with Gasteiger partial charge in [-0.15, -0.1) is 0 Å². The predicted octanol–water partition coefficient (Wildman–Crippen LogP) is 3.20. The van der Waals surface area contributed by atoms with Gasteiger partial charge in [0.2, 0.25) is 10.0 Å². The smallest absolute Gasteiger partial charge is 0.416 e. The van der Waals surface area contributed by atoms with E-state index in [1.165, 1.54) is 36.4 Å². The number of alkyl halides is 3. The summed E-state index contributed by atoms with van der Waals surface area (Å²) in [5.41, 5.74) is -0.575. The molecule has 0 radical (unpaired) electrons. The highest BCUT2D eigenvalue weighted by Crippen LogP contribution is 2.31. The minimum Gasteiger partial charge on any atom is -0.492 e. The molecule has 29 heavy (non-hydrogen) atoms. The average molecular weight is 430 g/mol. The SMILES string of the molecule is CC(C)NS(=O)(=O)c1ccc(C(=O)NCCOc2cccc(C(F)(F)F)c2)cc1. The van der Waals surface area contributed by atoms with E-state index in [2.05, 4.69) is 10.0 Å². The van der Waals surface area contributed by atoms with E-state index in [9.17, 15) is 26.4 Å². The Morgan fingerprint density at radius 2 is 1.76 bits per heavy atom. The first-order chi connectivity index (χ1) is 13.5. The Kier molecular flexibility index (Phi) is 7.26. The Bertz CT molecular complexity index is 943. The maximum atomic E-state index is 12.7. The normalized spacial score (nSPS) is 12.1. The molecule has 0 saturated carbocycles. The topological polar surface area (TPSA) is 84.5 Å². The molecule has 2 aromatic carbocycles. The van der Waals surface area contributed by atoms with Gasteiger partial charge in [-0.1, -0.05) is 6.07 Å². The van der Waals surface area contributed by atoms with E-state index in [-0.39, 0.29) is 35.4 Å². The molecule has 0 unspecified atom stereocenters. The lowest BCUT2D eigenvalue weighted by molar-refractivity contribution is -0.137. The van der Waals surface area contributed by atoms with E-state index in [1.54, 1.807) is 13.8 Å². The number of carbonyl (C=O) groups excluding carboxylic acids is 1. The van der Waals surface area contributed by atoms with Gasteiger partial charge in [-0.05, 0) is 56.3 Å². The van der Waals surface area contributed by atoms with E-state index in [4.69, 9.17) is 4.74 Å². The van der Waals surface area contributed by atoms with Crippen molar-refractivity contribution in [2.75, 3.05) is 13.2 Å². The van der Waals surface area contributed by atoms with E-state index in [1.807, 2.05) is 0 Å². The molecule has 158 valence electrons. The van der Waals surface area contributed by atoms with Crippen molar-refractivity contribution in [2.24, 2.45) is 0 Å². The van der Waals surface area contributed by atoms with Crippen molar-refractivity contribution < 1.29 is 31.1 Å². The molecule has 0 aliphatic carbocycles. The zero-order valence-corrected chi connectivity index (χ0v) is 16.6. The number of hydrogen-bond donors (Lipinski definition) is 2. The number of amides is 1. The Morgan fingerprint density at radius 1 is 1.10 bits per heavy atom. The Hall–Kier alpha value is -2.59. The van der Waals surface area contributed by atoms with Crippen molar-refractivity contribution in [3.63, 3.8) is 0 Å². The largest absolute Gasteiger partial charge is 0.492 e. The molecular formula is C19H21F3N2O4S. The quantitative estimate of drug-likeness (QED) is 0.630. The fraction of sp³-hybridized carbons (Fsp3) is 0.316. The first-order valence-electron chi connectivity index (χ1n) is 8.70. The molecule has 0 aromatic heterocycles. The van der Waals surface area contributed by atoms with Crippen molar-refractivity contribution in [3.05, 3.63) is 59.7 Å². The van der Waals surface area contributed by atoms with E-state index >= 15 is 0 Å². The van der Waals surface area contributed by atoms with Crippen LogP contribution >= 0.6 is 0 Å². The molecule has 0 heterocycles. The van der Waals surface area contributed by atoms with Crippen LogP contribution in [0.4, 0.5) is 13.2 Å². The number of carbonyl (C=O) groups is 1. The van der Waals surface area contributed by atoms with Gasteiger partial charge in [0, 0.05) is 11.6 Å². The van der Waals surface area contributed by atoms with Crippen LogP contribution in [0.5, 0.6) is 5.75 Å². The first kappa shape index (κ1) is 22.7. The lowest BCUT2D eigenvalue weighted by atomic mass is 10.2. The fourth-order valence-corrected chi connectivity index (χ4v) is 3.61. The van der Waals surface area contributed by atoms with Gasteiger partial charge in [0.05, 0.1) is 17.0 Å². The van der Waals surface area contributed by atoms with Crippen LogP contribution < -0.4 is 14.8 Å². The molecule has 6 nitrogen and oxygen atoms in total. The Morgan fingerprint density at radius 3 is 2.34 bits per heavy atom. The van der Waals surface area contributed by atoms with Crippen molar-refractivity contribution in [1.29, 1.82) is 0 Å². The summed E-state index contributed by atoms with van der Waals surface area (Å²) in [6.45, 7) is 3.42. The van der Waals surface area contributed by atoms with Crippen LogP contribution in [-0.4, -0.2) is 33.5 Å². The molecule has 10 heteroatoms. The number of nitrogens with one attached hydrogen (secondary N) is 2. The highest BCUT2D eigenvalue weighted by molar-refractivity contribution is 7.89. The van der Waals surface area contributed by atoms with Gasteiger partial charge >= 0.3 is 6.18 Å². The fourth-order valence-electron chi connectivity index (χ4n) is 2.36. The molecule has 2 aromatic rings. The van der Waals surface area contributed by atoms with Gasteiger partial charge in [-0.3, -0.25) is 4.79 Å². The first-order valence-corrected chi connectivity index (χ1v) is 10.2. The predicted molar refractivity (Wildman–Crippen MR) is 101 cm³/mol. The lowest BCUT2D eigenvalue weighted by Gasteiger charge is -2.11. The molecule has 0 aliphatic rings. The highest BCUT2D eigenvalue weighted by Gasteiger charge is 2.30. The number of ether oxygens (including phenoxy) is 1. The summed E-state index contributed by atoms with van der Waals surface area (Å²) < 4.78 is 69.8. The van der Waals surface area contributed by atoms with Crippen LogP contribution in [0.25, 0.3) is 0 Å². The van der Waals surface area contributed by atoms with E-state index < -0.39 is 27.7 Å². The minimum absolute atomic E-state index is 0.0299. The third kappa shape index (κ3) is 6.75. The monoisotopic (exact) mass is 430 g/mol. The molecule has 0 fully saturated rings. The zero-order chi connectivity index (χ0) is 21.7. The van der Waals surface area contributed by atoms with Crippen LogP contribution in [0.15, 0.2) is 53.4 Å². The molecule has 2 N–H and O–H groups in total. The molecule has 0 saturated heterocycles. The van der Waals surface area contributed by atoms with E-state index in [0.717, 1.165) is 12.1 Å². The van der Waals surface area contributed by atoms with Crippen LogP contribution in [0.2, 0.25) is 0 Å². The van der Waals surface area contributed by atoms with Gasteiger partial charge in [0.1, 0.15) is 12.4 Å². The molecule has 0 bridgehead atoms. The molecule has 0 aliphatic heterocycles. The third-order valence-corrected chi connectivity index (χ3v) is 5.31. The van der Waals surface area contributed by atoms with Gasteiger partial charge < -0.3 is 10.1 Å². The van der Waals surface area contributed by atoms with Gasteiger partial charge in [-0.2, -0.15) is 13.2 Å². The number of benzene rings is 2. The number of rotatable bonds is 8. The summed E-state index contributed by atoms with van der Waals surface area (Å²) in [6.07, 6.45) is -4.46. The zero-order valence-electron chi connectivity index (χ0n) is 15.8. The van der Waals surface area contributed by atoms with Crippen molar-refractivity contribution in [3.8, 4) is 5.75 Å². The van der Waals surface area contributed by atoms with Crippen LogP contribution in [0, 0.1) is 0 Å². The summed E-state index contributed by atoms with van der Waals surface area (Å²) in [5.74, 6) is -0.417. The standard InChI is InChI=1S/C19H21F3N2O4S/c1-13(2)24-29(26,27)17-8-6-14(7-9-17)18(25)23-10-11-28-16-5-3-4-15(12-16)19(20,21)22/h3-9,12-13,24H,10-11H2,1-2H3,(H,23,25). The number of sulfonamides is 1. The average Bonchev–Trinajstić information content (AvgIpc) is 2.64. The number of hydrogen-bond acceptors (Lipinski definition) is 4. The van der Waals surface area contributed by atoms with E-state index in [0.29, 0.717) is 0 Å². The summed E-state index contributed by atoms with van der Waals surface area (Å²) in [6, 6.07) is 9.57. The highest BCUT2D eigenvalue weighted by atomic mass is 32.2. The second-order valence-electron chi connectivity index (χ2n) is 6.43. The van der Waals surface area contributed by atoms with Gasteiger partial charge in [0.25, 0.3) is 5.91 Å². The summed E-state index contributed by atoms with van der Waals surface area (Å²) in [7, 11) is -3.65. The second kappa shape index (κ2) is 9.27. The molecule has 1 amide bonds. The Labute approximate surface area is 167 Å². The maximum Gasteiger partial charge on any atom is 0.416 e. The summed E-state index contributed by atoms with van der Waals surface area (Å²) in [5, 5.41) is 2.55. The summed E-state index contributed by atoms with van der Waals surface area (Å²) in [4.78, 5) is 12.1. The third-order valence-electron chi connectivity index (χ3n) is 3.64. The molecular weight excluding hydrogens is 409 g/mol. The van der Waals surface area contributed by atoms with Crippen molar-refractivity contribution >= 4 is 15.9 Å².